The van der Waals surface area contributed by atoms with Crippen molar-refractivity contribution in [2.45, 2.75) is 6.54 Å². The van der Waals surface area contributed by atoms with E-state index in [4.69, 9.17) is 4.74 Å². The second kappa shape index (κ2) is 19.6. The summed E-state index contributed by atoms with van der Waals surface area (Å²) in [7, 11) is 0. The summed E-state index contributed by atoms with van der Waals surface area (Å²) in [5, 5.41) is 11.2. The summed E-state index contributed by atoms with van der Waals surface area (Å²) in [4.78, 5) is 13.0. The Bertz CT molecular complexity index is 3130. The first kappa shape index (κ1) is 51.7. The summed E-state index contributed by atoms with van der Waals surface area (Å²) in [6.07, 6.45) is -5.31. The number of hydrogen-bond acceptors (Lipinski definition) is 3. The van der Waals surface area contributed by atoms with Crippen LogP contribution in [-0.4, -0.2) is 17.2 Å². The maximum absolute atomic E-state index is 15.4. The molecule has 25 heteroatoms. The molecule has 0 radical (unpaired) electrons. The third-order valence-corrected chi connectivity index (χ3v) is 11.1. The molecule has 1 aromatic heterocycles. The zero-order valence-corrected chi connectivity index (χ0v) is 34.7. The molecule has 7 aromatic carbocycles. The Hall–Kier alpha value is -8.12. The van der Waals surface area contributed by atoms with Crippen LogP contribution in [0.3, 0.4) is 0 Å². The number of aromatic hydroxyl groups is 1. The van der Waals surface area contributed by atoms with Crippen molar-refractivity contribution in [2.24, 2.45) is 0 Å². The van der Waals surface area contributed by atoms with Crippen LogP contribution in [-0.2, 0) is 6.54 Å². The molecule has 0 aliphatic rings. The summed E-state index contributed by atoms with van der Waals surface area (Å²) < 4.78 is 301. The van der Waals surface area contributed by atoms with Crippen molar-refractivity contribution in [3.05, 3.63) is 219 Å². The quantitative estimate of drug-likeness (QED) is 0.0314. The molecular weight excluding hydrogens is 1020 g/mol. The highest BCUT2D eigenvalue weighted by atomic mass is 19.2. The summed E-state index contributed by atoms with van der Waals surface area (Å²) in [6, 6.07) is 25.8. The summed E-state index contributed by atoms with van der Waals surface area (Å²) in [5.74, 6) is -71.3. The van der Waals surface area contributed by atoms with Crippen LogP contribution in [0.15, 0.2) is 91.1 Å². The van der Waals surface area contributed by atoms with E-state index in [2.05, 4.69) is 0 Å². The number of carbonyl (C=O) groups is 1. The Kier molecular flexibility index (Phi) is 14.1. The zero-order valence-electron chi connectivity index (χ0n) is 34.7. The van der Waals surface area contributed by atoms with E-state index in [9.17, 15) is 62.6 Å². The fraction of sp³-hybridized carbons (Fsp3) is 0.0213. The standard InChI is InChI=1S/C24BF20.C23H17NO3/c26-5-1(6(27)14(35)21(42)13(5)34)25(2-7(28)15(36)22(43)16(37)8(2)29,3-9(30)17(38)23(44)18(39)10(3)31)4-11(32)19(40)24(45)20(41)12(4)33;25-19-10-12-20(13-11-19)27-23(26)22-21-9-5-4-8-18(21)14-15-24(22)16-17-6-2-1-3-7-17/h;1-15H,16H2/q-1;/p+1. The van der Waals surface area contributed by atoms with Gasteiger partial charge in [-0.05, 0) is 35.7 Å². The number of esters is 1. The van der Waals surface area contributed by atoms with E-state index in [-0.39, 0.29) is 5.75 Å². The number of rotatable bonds is 8. The molecule has 0 fully saturated rings. The number of nitrogens with zero attached hydrogens (tertiary/aromatic N) is 1. The Morgan fingerprint density at radius 3 is 1.08 bits per heavy atom. The number of halogens is 20. The van der Waals surface area contributed by atoms with Crippen LogP contribution in [0.5, 0.6) is 11.5 Å². The minimum Gasteiger partial charge on any atom is -0.508 e. The highest BCUT2D eigenvalue weighted by molar-refractivity contribution is 7.20. The Morgan fingerprint density at radius 2 is 0.722 bits per heavy atom. The van der Waals surface area contributed by atoms with Gasteiger partial charge < -0.3 is 9.84 Å². The Labute approximate surface area is 388 Å². The van der Waals surface area contributed by atoms with Gasteiger partial charge >= 0.3 is 5.97 Å². The Morgan fingerprint density at radius 1 is 0.403 bits per heavy atom. The zero-order chi connectivity index (χ0) is 53.0. The normalized spacial score (nSPS) is 11.5. The summed E-state index contributed by atoms with van der Waals surface area (Å²) >= 11 is 0. The van der Waals surface area contributed by atoms with Crippen LogP contribution in [0.4, 0.5) is 87.8 Å². The molecule has 0 unspecified atom stereocenters. The second-order valence-electron chi connectivity index (χ2n) is 15.0. The molecule has 1 heterocycles. The van der Waals surface area contributed by atoms with E-state index in [0.717, 1.165) is 16.3 Å². The van der Waals surface area contributed by atoms with Gasteiger partial charge in [0.1, 0.15) is 64.2 Å². The summed E-state index contributed by atoms with van der Waals surface area (Å²) in [5.41, 5.74) is -12.7. The molecule has 0 aliphatic carbocycles. The summed E-state index contributed by atoms with van der Waals surface area (Å²) in [6.45, 7) is 0.561. The number of aromatic nitrogens is 1. The lowest BCUT2D eigenvalue weighted by atomic mass is 9.12. The molecule has 0 bridgehead atoms. The van der Waals surface area contributed by atoms with Crippen molar-refractivity contribution in [2.75, 3.05) is 0 Å². The van der Waals surface area contributed by atoms with E-state index in [1.807, 2.05) is 71.4 Å². The molecule has 0 spiro atoms. The van der Waals surface area contributed by atoms with Gasteiger partial charge in [0.2, 0.25) is 0 Å². The van der Waals surface area contributed by atoms with Crippen molar-refractivity contribution in [3.63, 3.8) is 0 Å². The molecule has 0 atom stereocenters. The molecule has 8 aromatic rings. The topological polar surface area (TPSA) is 50.4 Å². The third kappa shape index (κ3) is 8.34. The maximum atomic E-state index is 15.4. The van der Waals surface area contributed by atoms with Gasteiger partial charge in [0, 0.05) is 11.6 Å². The lowest BCUT2D eigenvalue weighted by Gasteiger charge is -2.44. The number of ether oxygens (including phenoxy) is 1. The monoisotopic (exact) mass is 1040 g/mol. The van der Waals surface area contributed by atoms with Crippen LogP contribution in [0.1, 0.15) is 16.1 Å². The average molecular weight is 1040 g/mol. The molecular formula is C47H18BF20NO3. The van der Waals surface area contributed by atoms with E-state index in [0.29, 0.717) is 18.0 Å². The van der Waals surface area contributed by atoms with Gasteiger partial charge in [0.15, 0.2) is 82.5 Å². The molecule has 372 valence electrons. The van der Waals surface area contributed by atoms with Gasteiger partial charge in [0.05, 0.1) is 5.39 Å². The lowest BCUT2D eigenvalue weighted by molar-refractivity contribution is -0.689. The number of fused-ring (bicyclic) bond motifs is 1. The fourth-order valence-electron chi connectivity index (χ4n) is 7.94. The molecule has 0 saturated heterocycles. The first-order valence-electron chi connectivity index (χ1n) is 19.6. The SMILES string of the molecule is Fc1c(F)c(F)c([B-](c2c(F)c(F)c(F)c(F)c2F)(c2c(F)c(F)c(F)c(F)c2F)c2c(F)c(F)c(F)c(F)c2F)c(F)c1F.O=C(Oc1ccc(O)cc1)c1c2ccccc2cc[n+]1Cc1ccccc1. The average Bonchev–Trinajstić information content (AvgIpc) is 3.37. The van der Waals surface area contributed by atoms with E-state index >= 15 is 35.1 Å². The van der Waals surface area contributed by atoms with E-state index in [1.54, 1.807) is 12.1 Å². The van der Waals surface area contributed by atoms with Crippen LogP contribution >= 0.6 is 0 Å². The fourth-order valence-corrected chi connectivity index (χ4v) is 7.94. The number of phenols is 1. The lowest BCUT2D eigenvalue weighted by Crippen LogP contribution is -2.81. The number of benzene rings is 7. The van der Waals surface area contributed by atoms with Gasteiger partial charge in [-0.15, -0.1) is 21.9 Å². The molecule has 0 saturated carbocycles. The van der Waals surface area contributed by atoms with Gasteiger partial charge in [-0.1, -0.05) is 48.5 Å². The predicted octanol–water partition coefficient (Wildman–Crippen LogP) is 9.95. The molecule has 0 amide bonds. The Balaban J connectivity index is 0.000000238. The number of carbonyl (C=O) groups excluding carboxylic acids is 1. The van der Waals surface area contributed by atoms with Crippen molar-refractivity contribution >= 4 is 44.7 Å². The van der Waals surface area contributed by atoms with Crippen molar-refractivity contribution in [3.8, 4) is 11.5 Å². The van der Waals surface area contributed by atoms with Gasteiger partial charge in [-0.2, -0.15) is 4.57 Å². The van der Waals surface area contributed by atoms with Crippen LogP contribution in [0.2, 0.25) is 0 Å². The van der Waals surface area contributed by atoms with Crippen molar-refractivity contribution in [1.82, 2.24) is 0 Å². The maximum Gasteiger partial charge on any atom is 0.409 e. The van der Waals surface area contributed by atoms with Gasteiger partial charge in [-0.3, -0.25) is 0 Å². The van der Waals surface area contributed by atoms with Crippen LogP contribution < -0.4 is 31.2 Å². The molecule has 8 rings (SSSR count). The van der Waals surface area contributed by atoms with Gasteiger partial charge in [-0.25, -0.2) is 92.6 Å². The molecule has 1 N–H and O–H groups in total. The molecule has 0 aliphatic heterocycles. The smallest absolute Gasteiger partial charge is 0.409 e. The predicted molar refractivity (Wildman–Crippen MR) is 212 cm³/mol. The van der Waals surface area contributed by atoms with Crippen LogP contribution in [0.25, 0.3) is 10.8 Å². The van der Waals surface area contributed by atoms with Gasteiger partial charge in [0.25, 0.3) is 5.69 Å². The largest absolute Gasteiger partial charge is 0.508 e. The highest BCUT2D eigenvalue weighted by Crippen LogP contribution is 2.31. The van der Waals surface area contributed by atoms with E-state index in [1.165, 1.54) is 12.1 Å². The first-order valence-corrected chi connectivity index (χ1v) is 19.6. The molecule has 72 heavy (non-hydrogen) atoms. The van der Waals surface area contributed by atoms with E-state index < -0.39 is 150 Å². The van der Waals surface area contributed by atoms with Crippen molar-refractivity contribution < 1.29 is 107 Å². The minimum atomic E-state index is -7.22. The first-order chi connectivity index (χ1) is 33.9. The van der Waals surface area contributed by atoms with Crippen LogP contribution in [0, 0.1) is 116 Å². The number of pyridine rings is 1. The highest BCUT2D eigenvalue weighted by Gasteiger charge is 2.52. The number of phenolic OH excluding ortho intramolecular Hbond substituents is 1. The molecule has 4 nitrogen and oxygen atoms in total. The van der Waals surface area contributed by atoms with Crippen molar-refractivity contribution in [1.29, 1.82) is 0 Å². The third-order valence-electron chi connectivity index (χ3n) is 11.1. The number of hydrogen-bond donors (Lipinski definition) is 1. The second-order valence-corrected chi connectivity index (χ2v) is 15.0. The minimum absolute atomic E-state index is 0.124.